The number of hydrogen-bond donors (Lipinski definition) is 1. The van der Waals surface area contributed by atoms with E-state index in [2.05, 4.69) is 12.2 Å². The Morgan fingerprint density at radius 1 is 1.29 bits per heavy atom. The molecule has 0 amide bonds. The Hall–Kier alpha value is -0.570. The highest BCUT2D eigenvalue weighted by atomic mass is 16.5. The smallest absolute Gasteiger partial charge is 0.326 e. The molecule has 0 bridgehead atoms. The molecule has 0 aromatic rings. The van der Waals surface area contributed by atoms with E-state index < -0.39 is 0 Å². The number of esters is 1. The van der Waals surface area contributed by atoms with Crippen LogP contribution in [-0.4, -0.2) is 24.2 Å². The van der Waals surface area contributed by atoms with Gasteiger partial charge in [-0.05, 0) is 38.5 Å². The van der Waals surface area contributed by atoms with Gasteiger partial charge in [0.1, 0.15) is 5.54 Å². The number of ether oxygens (including phenoxy) is 1. The summed E-state index contributed by atoms with van der Waals surface area (Å²) in [7, 11) is 0. The number of carbonyl (C=O) groups excluding carboxylic acids is 1. The third kappa shape index (κ3) is 2.65. The second kappa shape index (κ2) is 5.38. The van der Waals surface area contributed by atoms with E-state index in [0.29, 0.717) is 18.6 Å². The first kappa shape index (κ1) is 12.9. The highest BCUT2D eigenvalue weighted by Gasteiger charge is 2.49. The third-order valence-corrected chi connectivity index (χ3v) is 4.24. The van der Waals surface area contributed by atoms with E-state index in [9.17, 15) is 4.79 Å². The molecule has 0 aromatic carbocycles. The molecule has 0 aliphatic heterocycles. The molecule has 3 nitrogen and oxygen atoms in total. The number of rotatable bonds is 5. The van der Waals surface area contributed by atoms with Crippen LogP contribution in [0.4, 0.5) is 0 Å². The molecule has 2 fully saturated rings. The summed E-state index contributed by atoms with van der Waals surface area (Å²) >= 11 is 0. The van der Waals surface area contributed by atoms with E-state index in [0.717, 1.165) is 25.7 Å². The van der Waals surface area contributed by atoms with E-state index >= 15 is 0 Å². The SMILES string of the molecule is CCOC(=O)C1(NC2CC2)CCCCC1CC. The van der Waals surface area contributed by atoms with Gasteiger partial charge in [-0.15, -0.1) is 0 Å². The molecule has 1 N–H and O–H groups in total. The Kier molecular flexibility index (Phi) is 4.08. The molecule has 2 rings (SSSR count). The maximum atomic E-state index is 12.4. The van der Waals surface area contributed by atoms with Crippen LogP contribution >= 0.6 is 0 Å². The van der Waals surface area contributed by atoms with Crippen LogP contribution in [0.1, 0.15) is 58.8 Å². The molecule has 0 spiro atoms. The lowest BCUT2D eigenvalue weighted by Gasteiger charge is -2.42. The molecule has 0 saturated heterocycles. The fraction of sp³-hybridized carbons (Fsp3) is 0.929. The summed E-state index contributed by atoms with van der Waals surface area (Å²) in [6.45, 7) is 4.58. The van der Waals surface area contributed by atoms with Crippen molar-refractivity contribution in [2.75, 3.05) is 6.61 Å². The molecule has 2 atom stereocenters. The number of carbonyl (C=O) groups is 1. The summed E-state index contributed by atoms with van der Waals surface area (Å²) in [4.78, 5) is 12.4. The van der Waals surface area contributed by atoms with Crippen LogP contribution in [0.5, 0.6) is 0 Å². The number of nitrogens with one attached hydrogen (secondary N) is 1. The predicted molar refractivity (Wildman–Crippen MR) is 67.8 cm³/mol. The molecule has 17 heavy (non-hydrogen) atoms. The van der Waals surface area contributed by atoms with Gasteiger partial charge < -0.3 is 4.74 Å². The normalized spacial score (nSPS) is 33.4. The van der Waals surface area contributed by atoms with Gasteiger partial charge in [0.25, 0.3) is 0 Å². The molecule has 2 saturated carbocycles. The fourth-order valence-corrected chi connectivity index (χ4v) is 3.17. The molecular formula is C14H25NO2. The summed E-state index contributed by atoms with van der Waals surface area (Å²) in [5, 5.41) is 3.62. The minimum atomic E-state index is -0.371. The van der Waals surface area contributed by atoms with E-state index in [4.69, 9.17) is 4.74 Å². The lowest BCUT2D eigenvalue weighted by Crippen LogP contribution is -2.60. The minimum absolute atomic E-state index is 0.00144. The molecule has 2 aliphatic carbocycles. The lowest BCUT2D eigenvalue weighted by atomic mass is 9.71. The fourth-order valence-electron chi connectivity index (χ4n) is 3.17. The van der Waals surface area contributed by atoms with Gasteiger partial charge >= 0.3 is 5.97 Å². The monoisotopic (exact) mass is 239 g/mol. The Morgan fingerprint density at radius 2 is 2.06 bits per heavy atom. The average Bonchev–Trinajstić information content (AvgIpc) is 3.13. The summed E-state index contributed by atoms with van der Waals surface area (Å²) < 4.78 is 5.34. The first-order valence-electron chi connectivity index (χ1n) is 7.18. The first-order chi connectivity index (χ1) is 8.23. The van der Waals surface area contributed by atoms with Crippen molar-refractivity contribution in [2.24, 2.45) is 5.92 Å². The van der Waals surface area contributed by atoms with Crippen molar-refractivity contribution in [3.8, 4) is 0 Å². The van der Waals surface area contributed by atoms with Crippen LogP contribution < -0.4 is 5.32 Å². The molecule has 98 valence electrons. The Labute approximate surface area is 104 Å². The maximum Gasteiger partial charge on any atom is 0.326 e. The topological polar surface area (TPSA) is 38.3 Å². The molecule has 0 heterocycles. The van der Waals surface area contributed by atoms with E-state index in [1.165, 1.54) is 19.3 Å². The zero-order valence-corrected chi connectivity index (χ0v) is 11.1. The maximum absolute atomic E-state index is 12.4. The van der Waals surface area contributed by atoms with Crippen LogP contribution in [0.25, 0.3) is 0 Å². The molecular weight excluding hydrogens is 214 g/mol. The quantitative estimate of drug-likeness (QED) is 0.750. The summed E-state index contributed by atoms with van der Waals surface area (Å²) in [6.07, 6.45) is 8.03. The molecule has 2 aliphatic rings. The summed E-state index contributed by atoms with van der Waals surface area (Å²) in [5.74, 6) is 0.453. The second-order valence-corrected chi connectivity index (χ2v) is 5.46. The van der Waals surface area contributed by atoms with E-state index in [-0.39, 0.29) is 11.5 Å². The van der Waals surface area contributed by atoms with Crippen LogP contribution in [0.15, 0.2) is 0 Å². The summed E-state index contributed by atoms with van der Waals surface area (Å²) in [6, 6.07) is 0.562. The van der Waals surface area contributed by atoms with Crippen LogP contribution in [-0.2, 0) is 9.53 Å². The standard InChI is InChI=1S/C14H25NO2/c1-3-11-7-5-6-10-14(11,13(16)17-4-2)15-12-8-9-12/h11-12,15H,3-10H2,1-2H3. The van der Waals surface area contributed by atoms with Gasteiger partial charge in [0.15, 0.2) is 0 Å². The van der Waals surface area contributed by atoms with Crippen molar-refractivity contribution >= 4 is 5.97 Å². The number of hydrogen-bond acceptors (Lipinski definition) is 3. The summed E-state index contributed by atoms with van der Waals surface area (Å²) in [5.41, 5.74) is -0.371. The average molecular weight is 239 g/mol. The predicted octanol–water partition coefficient (Wildman–Crippen LogP) is 2.64. The Morgan fingerprint density at radius 3 is 2.65 bits per heavy atom. The first-order valence-corrected chi connectivity index (χ1v) is 7.18. The van der Waals surface area contributed by atoms with Gasteiger partial charge in [-0.1, -0.05) is 26.2 Å². The van der Waals surface area contributed by atoms with Crippen molar-refractivity contribution < 1.29 is 9.53 Å². The van der Waals surface area contributed by atoms with Crippen LogP contribution in [0, 0.1) is 5.92 Å². The van der Waals surface area contributed by atoms with Crippen molar-refractivity contribution in [3.05, 3.63) is 0 Å². The molecule has 2 unspecified atom stereocenters. The van der Waals surface area contributed by atoms with Crippen molar-refractivity contribution in [1.82, 2.24) is 5.32 Å². The third-order valence-electron chi connectivity index (χ3n) is 4.24. The van der Waals surface area contributed by atoms with Crippen molar-refractivity contribution in [1.29, 1.82) is 0 Å². The van der Waals surface area contributed by atoms with Gasteiger partial charge in [-0.25, -0.2) is 0 Å². The van der Waals surface area contributed by atoms with Gasteiger partial charge in [0, 0.05) is 6.04 Å². The van der Waals surface area contributed by atoms with Crippen LogP contribution in [0.2, 0.25) is 0 Å². The molecule has 0 aromatic heterocycles. The Bertz CT molecular complexity index is 275. The lowest BCUT2D eigenvalue weighted by molar-refractivity contribution is -0.156. The largest absolute Gasteiger partial charge is 0.465 e. The highest BCUT2D eigenvalue weighted by molar-refractivity contribution is 5.81. The van der Waals surface area contributed by atoms with Gasteiger partial charge in [-0.2, -0.15) is 0 Å². The minimum Gasteiger partial charge on any atom is -0.465 e. The van der Waals surface area contributed by atoms with Gasteiger partial charge in [0.2, 0.25) is 0 Å². The second-order valence-electron chi connectivity index (χ2n) is 5.46. The molecule has 3 heteroatoms. The van der Waals surface area contributed by atoms with Crippen molar-refractivity contribution in [2.45, 2.75) is 70.4 Å². The van der Waals surface area contributed by atoms with E-state index in [1.54, 1.807) is 0 Å². The zero-order valence-electron chi connectivity index (χ0n) is 11.1. The zero-order chi connectivity index (χ0) is 12.3. The van der Waals surface area contributed by atoms with E-state index in [1.807, 2.05) is 6.92 Å². The molecule has 0 radical (unpaired) electrons. The van der Waals surface area contributed by atoms with Crippen LogP contribution in [0.3, 0.4) is 0 Å². The Balaban J connectivity index is 2.15. The highest BCUT2D eigenvalue weighted by Crippen LogP contribution is 2.39. The van der Waals surface area contributed by atoms with Crippen molar-refractivity contribution in [3.63, 3.8) is 0 Å². The van der Waals surface area contributed by atoms with Gasteiger partial charge in [0.05, 0.1) is 6.61 Å². The van der Waals surface area contributed by atoms with Gasteiger partial charge in [-0.3, -0.25) is 10.1 Å².